The van der Waals surface area contributed by atoms with Crippen LogP contribution in [0.15, 0.2) is 126 Å². The van der Waals surface area contributed by atoms with Crippen LogP contribution in [0.4, 0.5) is 0 Å². The lowest BCUT2D eigenvalue weighted by Gasteiger charge is -2.22. The van der Waals surface area contributed by atoms with Gasteiger partial charge in [0.1, 0.15) is 11.2 Å². The van der Waals surface area contributed by atoms with Crippen molar-refractivity contribution in [2.24, 2.45) is 0 Å². The molecule has 0 radical (unpaired) electrons. The van der Waals surface area contributed by atoms with E-state index >= 15 is 0 Å². The Bertz CT molecular complexity index is 2040. The zero-order chi connectivity index (χ0) is 28.6. The van der Waals surface area contributed by atoms with E-state index in [1.807, 2.05) is 48.5 Å². The van der Waals surface area contributed by atoms with E-state index in [0.717, 1.165) is 49.8 Å². The van der Waals surface area contributed by atoms with Crippen molar-refractivity contribution in [3.05, 3.63) is 127 Å². The van der Waals surface area contributed by atoms with E-state index < -0.39 is 0 Å². The van der Waals surface area contributed by atoms with Crippen LogP contribution in [0.5, 0.6) is 0 Å². The van der Waals surface area contributed by atoms with Crippen LogP contribution < -0.4 is 0 Å². The standard InChI is InChI=1S/C39H31N3O/c1-4-11-26(12-5-1)28-19-21-30(22-20-28)38-40-37(29-15-8-3-9-16-29)41-39(42-38)33-17-10-18-34-36(33)32-24-23-31(25-35(32)43-34)27-13-6-2-7-14-27/h2-3,6-10,13-26H,1,4-5,11-12H2. The first-order valence-corrected chi connectivity index (χ1v) is 15.2. The maximum Gasteiger partial charge on any atom is 0.164 e. The molecule has 0 amide bonds. The molecule has 1 aliphatic carbocycles. The van der Waals surface area contributed by atoms with Crippen molar-refractivity contribution in [2.45, 2.75) is 38.0 Å². The van der Waals surface area contributed by atoms with Crippen molar-refractivity contribution in [3.63, 3.8) is 0 Å². The molecule has 43 heavy (non-hydrogen) atoms. The molecular weight excluding hydrogens is 526 g/mol. The fourth-order valence-electron chi connectivity index (χ4n) is 6.50. The number of furan rings is 1. The summed E-state index contributed by atoms with van der Waals surface area (Å²) in [4.78, 5) is 15.1. The van der Waals surface area contributed by atoms with Crippen LogP contribution in [0.25, 0.3) is 67.2 Å². The van der Waals surface area contributed by atoms with Crippen molar-refractivity contribution in [2.75, 3.05) is 0 Å². The predicted octanol–water partition coefficient (Wildman–Crippen LogP) is 10.5. The van der Waals surface area contributed by atoms with Crippen LogP contribution in [0, 0.1) is 0 Å². The van der Waals surface area contributed by atoms with Gasteiger partial charge in [0.15, 0.2) is 17.5 Å². The molecule has 2 heterocycles. The summed E-state index contributed by atoms with van der Waals surface area (Å²) in [7, 11) is 0. The SMILES string of the molecule is c1ccc(-c2ccc3c(c2)oc2cccc(-c4nc(-c5ccccc5)nc(-c5ccc(C6CCCCC6)cc5)n4)c23)cc1. The Kier molecular flexibility index (Phi) is 6.52. The minimum Gasteiger partial charge on any atom is -0.456 e. The van der Waals surface area contributed by atoms with Crippen LogP contribution in [0.1, 0.15) is 43.6 Å². The van der Waals surface area contributed by atoms with Gasteiger partial charge in [-0.05, 0) is 53.6 Å². The summed E-state index contributed by atoms with van der Waals surface area (Å²) in [6.45, 7) is 0. The summed E-state index contributed by atoms with van der Waals surface area (Å²) in [6.07, 6.45) is 6.57. The van der Waals surface area contributed by atoms with E-state index in [9.17, 15) is 0 Å². The fourth-order valence-corrected chi connectivity index (χ4v) is 6.50. The second-order valence-corrected chi connectivity index (χ2v) is 11.5. The number of rotatable bonds is 5. The highest BCUT2D eigenvalue weighted by Crippen LogP contribution is 2.38. The van der Waals surface area contributed by atoms with Gasteiger partial charge in [0, 0.05) is 27.5 Å². The number of nitrogens with zero attached hydrogens (tertiary/aromatic N) is 3. The number of benzene rings is 5. The Hall–Kier alpha value is -5.09. The molecule has 0 bridgehead atoms. The number of fused-ring (bicyclic) bond motifs is 3. The molecule has 7 aromatic rings. The van der Waals surface area contributed by atoms with Gasteiger partial charge in [-0.2, -0.15) is 0 Å². The van der Waals surface area contributed by atoms with E-state index in [-0.39, 0.29) is 0 Å². The number of hydrogen-bond donors (Lipinski definition) is 0. The molecule has 0 atom stereocenters. The quantitative estimate of drug-likeness (QED) is 0.211. The summed E-state index contributed by atoms with van der Waals surface area (Å²) in [5, 5.41) is 2.06. The highest BCUT2D eigenvalue weighted by Gasteiger charge is 2.19. The lowest BCUT2D eigenvalue weighted by molar-refractivity contribution is 0.443. The largest absolute Gasteiger partial charge is 0.456 e. The molecule has 2 aromatic heterocycles. The lowest BCUT2D eigenvalue weighted by Crippen LogP contribution is -2.04. The Labute approximate surface area is 251 Å². The van der Waals surface area contributed by atoms with Gasteiger partial charge < -0.3 is 4.42 Å². The Morgan fingerprint density at radius 2 is 1.12 bits per heavy atom. The lowest BCUT2D eigenvalue weighted by atomic mass is 9.84. The van der Waals surface area contributed by atoms with Crippen LogP contribution in [0.3, 0.4) is 0 Å². The minimum absolute atomic E-state index is 0.639. The molecule has 0 saturated heterocycles. The van der Waals surface area contributed by atoms with Crippen molar-refractivity contribution < 1.29 is 4.42 Å². The van der Waals surface area contributed by atoms with Crippen molar-refractivity contribution in [1.82, 2.24) is 15.0 Å². The van der Waals surface area contributed by atoms with E-state index in [0.29, 0.717) is 23.4 Å². The van der Waals surface area contributed by atoms with Crippen molar-refractivity contribution in [1.29, 1.82) is 0 Å². The highest BCUT2D eigenvalue weighted by atomic mass is 16.3. The third-order valence-corrected chi connectivity index (χ3v) is 8.76. The van der Waals surface area contributed by atoms with Gasteiger partial charge in [0.05, 0.1) is 0 Å². The van der Waals surface area contributed by atoms with Gasteiger partial charge in [0.25, 0.3) is 0 Å². The highest BCUT2D eigenvalue weighted by molar-refractivity contribution is 6.12. The van der Waals surface area contributed by atoms with Crippen molar-refractivity contribution >= 4 is 21.9 Å². The van der Waals surface area contributed by atoms with E-state index in [2.05, 4.69) is 72.8 Å². The van der Waals surface area contributed by atoms with E-state index in [1.54, 1.807) is 0 Å². The zero-order valence-electron chi connectivity index (χ0n) is 23.9. The molecule has 4 nitrogen and oxygen atoms in total. The molecular formula is C39H31N3O. The Balaban J connectivity index is 1.27. The maximum atomic E-state index is 6.41. The first-order valence-electron chi connectivity index (χ1n) is 15.2. The number of aromatic nitrogens is 3. The molecule has 0 unspecified atom stereocenters. The van der Waals surface area contributed by atoms with Crippen LogP contribution >= 0.6 is 0 Å². The van der Waals surface area contributed by atoms with Crippen molar-refractivity contribution in [3.8, 4) is 45.3 Å². The van der Waals surface area contributed by atoms with Gasteiger partial charge >= 0.3 is 0 Å². The predicted molar refractivity (Wildman–Crippen MR) is 175 cm³/mol. The molecule has 8 rings (SSSR count). The second kappa shape index (κ2) is 11.0. The monoisotopic (exact) mass is 557 g/mol. The van der Waals surface area contributed by atoms with Gasteiger partial charge in [-0.15, -0.1) is 0 Å². The molecule has 1 aliphatic rings. The molecule has 1 fully saturated rings. The maximum absolute atomic E-state index is 6.41. The average molecular weight is 558 g/mol. The minimum atomic E-state index is 0.639. The molecule has 0 aliphatic heterocycles. The third kappa shape index (κ3) is 4.89. The summed E-state index contributed by atoms with van der Waals surface area (Å²) in [5.41, 5.74) is 8.26. The molecule has 5 aromatic carbocycles. The topological polar surface area (TPSA) is 51.8 Å². The zero-order valence-corrected chi connectivity index (χ0v) is 23.9. The fraction of sp³-hybridized carbons (Fsp3) is 0.154. The summed E-state index contributed by atoms with van der Waals surface area (Å²) >= 11 is 0. The van der Waals surface area contributed by atoms with Gasteiger partial charge in [-0.25, -0.2) is 15.0 Å². The smallest absolute Gasteiger partial charge is 0.164 e. The van der Waals surface area contributed by atoms with Gasteiger partial charge in [0.2, 0.25) is 0 Å². The number of hydrogen-bond acceptors (Lipinski definition) is 4. The molecule has 0 spiro atoms. The van der Waals surface area contributed by atoms with Crippen LogP contribution in [0.2, 0.25) is 0 Å². The normalized spacial score (nSPS) is 14.0. The summed E-state index contributed by atoms with van der Waals surface area (Å²) in [6, 6.07) is 42.0. The summed E-state index contributed by atoms with van der Waals surface area (Å²) in [5.74, 6) is 2.63. The van der Waals surface area contributed by atoms with Gasteiger partial charge in [-0.3, -0.25) is 0 Å². The molecule has 4 heteroatoms. The van der Waals surface area contributed by atoms with Gasteiger partial charge in [-0.1, -0.05) is 122 Å². The molecule has 0 N–H and O–H groups in total. The van der Waals surface area contributed by atoms with E-state index in [1.165, 1.54) is 37.7 Å². The summed E-state index contributed by atoms with van der Waals surface area (Å²) < 4.78 is 6.41. The molecule has 208 valence electrons. The second-order valence-electron chi connectivity index (χ2n) is 11.5. The average Bonchev–Trinajstić information content (AvgIpc) is 3.47. The first-order chi connectivity index (χ1) is 21.3. The first kappa shape index (κ1) is 25.6. The van der Waals surface area contributed by atoms with Crippen LogP contribution in [-0.2, 0) is 0 Å². The van der Waals surface area contributed by atoms with Crippen LogP contribution in [-0.4, -0.2) is 15.0 Å². The Morgan fingerprint density at radius 1 is 0.488 bits per heavy atom. The Morgan fingerprint density at radius 3 is 1.84 bits per heavy atom. The third-order valence-electron chi connectivity index (χ3n) is 8.76. The van der Waals surface area contributed by atoms with E-state index in [4.69, 9.17) is 19.4 Å². The molecule has 1 saturated carbocycles.